The van der Waals surface area contributed by atoms with Gasteiger partial charge in [0.05, 0.1) is 4.92 Å². The van der Waals surface area contributed by atoms with E-state index in [1.54, 1.807) is 0 Å². The zero-order chi connectivity index (χ0) is 11.9. The predicted octanol–water partition coefficient (Wildman–Crippen LogP) is -0.931. The smallest absolute Gasteiger partial charge is 0.361 e. The maximum absolute atomic E-state index is 11.4. The second-order valence-corrected chi connectivity index (χ2v) is 3.07. The molecule has 0 fully saturated rings. The Labute approximate surface area is 88.1 Å². The lowest BCUT2D eigenvalue weighted by atomic mass is 10.0. The van der Waals surface area contributed by atoms with E-state index in [0.717, 1.165) is 6.08 Å². The minimum absolute atomic E-state index is 0.232. The van der Waals surface area contributed by atoms with E-state index < -0.39 is 34.3 Å². The molecule has 2 rings (SSSR count). The van der Waals surface area contributed by atoms with Crippen LogP contribution in [-0.2, 0) is 9.59 Å². The summed E-state index contributed by atoms with van der Waals surface area (Å²) in [7, 11) is 0. The van der Waals surface area contributed by atoms with Crippen molar-refractivity contribution in [3.05, 3.63) is 33.7 Å². The van der Waals surface area contributed by atoms with Gasteiger partial charge in [0.1, 0.15) is 5.57 Å². The molecular formula is C8H5N3O5. The van der Waals surface area contributed by atoms with Crippen molar-refractivity contribution in [3.8, 4) is 0 Å². The normalized spacial score (nSPS) is 22.6. The number of fused-ring (bicyclic) bond motifs is 1. The van der Waals surface area contributed by atoms with E-state index in [1.807, 2.05) is 0 Å². The summed E-state index contributed by atoms with van der Waals surface area (Å²) in [5.41, 5.74) is -1.67. The van der Waals surface area contributed by atoms with E-state index in [2.05, 4.69) is 10.3 Å². The number of hydrogen-bond acceptors (Lipinski definition) is 6. The number of carbonyl (C=O) groups is 2. The summed E-state index contributed by atoms with van der Waals surface area (Å²) in [4.78, 5) is 35.5. The first-order chi connectivity index (χ1) is 7.52. The molecule has 0 aliphatic carbocycles. The maximum Gasteiger partial charge on any atom is 0.361 e. The minimum Gasteiger partial charge on any atom is -0.476 e. The highest BCUT2D eigenvalue weighted by Gasteiger charge is 2.43. The van der Waals surface area contributed by atoms with Crippen molar-refractivity contribution in [2.45, 2.75) is 6.17 Å². The van der Waals surface area contributed by atoms with Gasteiger partial charge in [0.2, 0.25) is 5.71 Å². The Balaban J connectivity index is 2.61. The van der Waals surface area contributed by atoms with Crippen LogP contribution in [0.3, 0.4) is 0 Å². The predicted molar refractivity (Wildman–Crippen MR) is 50.2 cm³/mol. The monoisotopic (exact) mass is 223 g/mol. The summed E-state index contributed by atoms with van der Waals surface area (Å²) in [5, 5.41) is 22.0. The summed E-state index contributed by atoms with van der Waals surface area (Å²) in [6, 6.07) is 0. The van der Waals surface area contributed by atoms with Crippen LogP contribution in [-0.4, -0.2) is 33.7 Å². The van der Waals surface area contributed by atoms with Crippen molar-refractivity contribution in [3.63, 3.8) is 0 Å². The maximum atomic E-state index is 11.4. The van der Waals surface area contributed by atoms with Gasteiger partial charge < -0.3 is 10.4 Å². The number of aliphatic imine (C=N–C) groups is 1. The molecule has 0 saturated carbocycles. The Morgan fingerprint density at radius 3 is 2.88 bits per heavy atom. The molecule has 0 aromatic heterocycles. The largest absolute Gasteiger partial charge is 0.476 e. The van der Waals surface area contributed by atoms with Gasteiger partial charge in [-0.3, -0.25) is 14.9 Å². The molecule has 2 N–H and O–H groups in total. The number of carbonyl (C=O) groups excluding carboxylic acids is 1. The molecule has 1 unspecified atom stereocenters. The number of carboxylic acids is 1. The molecule has 8 nitrogen and oxygen atoms in total. The van der Waals surface area contributed by atoms with Crippen molar-refractivity contribution in [1.82, 2.24) is 5.32 Å². The van der Waals surface area contributed by atoms with Gasteiger partial charge in [-0.05, 0) is 0 Å². The van der Waals surface area contributed by atoms with Gasteiger partial charge in [-0.1, -0.05) is 0 Å². The van der Waals surface area contributed by atoms with Crippen LogP contribution in [0.1, 0.15) is 0 Å². The molecule has 2 aliphatic heterocycles. The van der Waals surface area contributed by atoms with Crippen molar-refractivity contribution >= 4 is 17.5 Å². The van der Waals surface area contributed by atoms with Crippen LogP contribution in [0.2, 0.25) is 0 Å². The molecule has 0 saturated heterocycles. The van der Waals surface area contributed by atoms with Gasteiger partial charge in [0.25, 0.3) is 0 Å². The number of ketones is 1. The van der Waals surface area contributed by atoms with E-state index in [1.165, 1.54) is 6.20 Å². The molecule has 1 atom stereocenters. The molecular weight excluding hydrogens is 218 g/mol. The third-order valence-corrected chi connectivity index (χ3v) is 2.15. The standard InChI is InChI=1S/C8H5N3O5/c12-3-1-2-9-7-4(3)6(11(15)16)5(10-7)8(13)14/h1-2,7,9H,(H,13,14). The Kier molecular flexibility index (Phi) is 2.04. The Hall–Kier alpha value is -2.51. The number of nitrogens with zero attached hydrogens (tertiary/aromatic N) is 2. The van der Waals surface area contributed by atoms with E-state index in [9.17, 15) is 19.7 Å². The van der Waals surface area contributed by atoms with Gasteiger partial charge in [-0.15, -0.1) is 0 Å². The molecule has 0 aromatic rings. The second-order valence-electron chi connectivity index (χ2n) is 3.07. The number of aliphatic carboxylic acids is 1. The van der Waals surface area contributed by atoms with Gasteiger partial charge in [-0.25, -0.2) is 9.79 Å². The van der Waals surface area contributed by atoms with Crippen LogP contribution < -0.4 is 5.32 Å². The van der Waals surface area contributed by atoms with E-state index >= 15 is 0 Å². The number of rotatable bonds is 2. The number of hydrogen-bond donors (Lipinski definition) is 2. The zero-order valence-electron chi connectivity index (χ0n) is 7.71. The molecule has 0 amide bonds. The SMILES string of the molecule is O=C(O)C1=NC2NC=CC(=O)C2=C1[N+](=O)[O-]. The van der Waals surface area contributed by atoms with E-state index in [-0.39, 0.29) is 5.57 Å². The lowest BCUT2D eigenvalue weighted by Gasteiger charge is -2.13. The van der Waals surface area contributed by atoms with Gasteiger partial charge in [-0.2, -0.15) is 0 Å². The summed E-state index contributed by atoms with van der Waals surface area (Å²) in [5.74, 6) is -2.13. The van der Waals surface area contributed by atoms with Crippen LogP contribution in [0.15, 0.2) is 28.5 Å². The molecule has 16 heavy (non-hydrogen) atoms. The minimum atomic E-state index is -1.52. The quantitative estimate of drug-likeness (QED) is 0.460. The molecule has 8 heteroatoms. The zero-order valence-corrected chi connectivity index (χ0v) is 7.71. The van der Waals surface area contributed by atoms with Crippen LogP contribution in [0.25, 0.3) is 0 Å². The van der Waals surface area contributed by atoms with Crippen LogP contribution in [0.5, 0.6) is 0 Å². The van der Waals surface area contributed by atoms with Crippen LogP contribution in [0, 0.1) is 10.1 Å². The molecule has 0 radical (unpaired) electrons. The summed E-state index contributed by atoms with van der Waals surface area (Å²) in [6.45, 7) is 0. The molecule has 0 spiro atoms. The van der Waals surface area contributed by atoms with Crippen LogP contribution in [0.4, 0.5) is 0 Å². The summed E-state index contributed by atoms with van der Waals surface area (Å²) < 4.78 is 0. The first-order valence-electron chi connectivity index (χ1n) is 4.19. The van der Waals surface area contributed by atoms with Crippen LogP contribution >= 0.6 is 0 Å². The van der Waals surface area contributed by atoms with Crippen molar-refractivity contribution in [1.29, 1.82) is 0 Å². The Bertz CT molecular complexity index is 502. The molecule has 2 heterocycles. The van der Waals surface area contributed by atoms with Gasteiger partial charge in [0, 0.05) is 12.3 Å². The second kappa shape index (κ2) is 3.26. The third-order valence-electron chi connectivity index (χ3n) is 2.15. The van der Waals surface area contributed by atoms with E-state index in [0.29, 0.717) is 0 Å². The molecule has 0 aromatic carbocycles. The number of nitrogens with one attached hydrogen (secondary N) is 1. The van der Waals surface area contributed by atoms with E-state index in [4.69, 9.17) is 5.11 Å². The van der Waals surface area contributed by atoms with Crippen molar-refractivity contribution in [2.24, 2.45) is 4.99 Å². The Morgan fingerprint density at radius 2 is 2.31 bits per heavy atom. The highest BCUT2D eigenvalue weighted by molar-refractivity contribution is 6.44. The van der Waals surface area contributed by atoms with Crippen molar-refractivity contribution in [2.75, 3.05) is 0 Å². The average Bonchev–Trinajstić information content (AvgIpc) is 2.58. The number of allylic oxidation sites excluding steroid dienone is 1. The topological polar surface area (TPSA) is 122 Å². The lowest BCUT2D eigenvalue weighted by Crippen LogP contribution is -2.31. The van der Waals surface area contributed by atoms with Gasteiger partial charge >= 0.3 is 11.7 Å². The number of carboxylic acid groups (broad SMARTS) is 1. The highest BCUT2D eigenvalue weighted by atomic mass is 16.6. The fourth-order valence-electron chi connectivity index (χ4n) is 1.53. The lowest BCUT2D eigenvalue weighted by molar-refractivity contribution is -0.415. The Morgan fingerprint density at radius 1 is 1.62 bits per heavy atom. The third kappa shape index (κ3) is 1.28. The molecule has 82 valence electrons. The van der Waals surface area contributed by atoms with Crippen molar-refractivity contribution < 1.29 is 19.6 Å². The first kappa shape index (κ1) is 10.0. The molecule has 2 aliphatic rings. The highest BCUT2D eigenvalue weighted by Crippen LogP contribution is 2.24. The summed E-state index contributed by atoms with van der Waals surface area (Å²) in [6.07, 6.45) is 1.40. The summed E-state index contributed by atoms with van der Waals surface area (Å²) >= 11 is 0. The first-order valence-corrected chi connectivity index (χ1v) is 4.19. The number of nitro groups is 1. The fourth-order valence-corrected chi connectivity index (χ4v) is 1.53. The van der Waals surface area contributed by atoms with Gasteiger partial charge in [0.15, 0.2) is 11.9 Å². The fraction of sp³-hybridized carbons (Fsp3) is 0.125. The average molecular weight is 223 g/mol. The molecule has 0 bridgehead atoms.